The Labute approximate surface area is 126 Å². The molecular weight excluding hydrogens is 258 g/mol. The molecule has 2 aromatic rings. The van der Waals surface area contributed by atoms with Gasteiger partial charge in [0.15, 0.2) is 5.96 Å². The summed E-state index contributed by atoms with van der Waals surface area (Å²) in [5, 5.41) is 3.13. The average molecular weight is 281 g/mol. The van der Waals surface area contributed by atoms with Gasteiger partial charge in [-0.05, 0) is 30.2 Å². The number of anilines is 1. The molecule has 3 heteroatoms. The first-order valence-electron chi connectivity index (χ1n) is 7.16. The zero-order valence-electron chi connectivity index (χ0n) is 12.9. The molecule has 0 bridgehead atoms. The lowest BCUT2D eigenvalue weighted by Crippen LogP contribution is -2.27. The Morgan fingerprint density at radius 2 is 1.81 bits per heavy atom. The molecule has 0 heterocycles. The molecule has 0 unspecified atom stereocenters. The second-order valence-electron chi connectivity index (χ2n) is 5.95. The normalized spacial score (nSPS) is 12.2. The molecule has 0 saturated carbocycles. The minimum atomic E-state index is -0.0415. The van der Waals surface area contributed by atoms with Crippen LogP contribution in [0.15, 0.2) is 59.6 Å². The van der Waals surface area contributed by atoms with E-state index in [-0.39, 0.29) is 5.41 Å². The lowest BCUT2D eigenvalue weighted by molar-refractivity contribution is 0.540. The Kier molecular flexibility index (Phi) is 4.63. The number of guanidine groups is 1. The van der Waals surface area contributed by atoms with Crippen molar-refractivity contribution in [1.29, 1.82) is 0 Å². The van der Waals surface area contributed by atoms with Crippen molar-refractivity contribution < 1.29 is 0 Å². The Hall–Kier alpha value is -2.29. The van der Waals surface area contributed by atoms with E-state index >= 15 is 0 Å². The smallest absolute Gasteiger partial charge is 0.193 e. The molecular formula is C18H23N3. The summed E-state index contributed by atoms with van der Waals surface area (Å²) >= 11 is 0. The molecule has 0 atom stereocenters. The van der Waals surface area contributed by atoms with Gasteiger partial charge in [-0.25, -0.2) is 0 Å². The third-order valence-electron chi connectivity index (χ3n) is 3.49. The number of nitrogens with zero attached hydrogens (tertiary/aromatic N) is 1. The standard InChI is InChI=1S/C18H23N3/c1-14-8-7-11-16(12-14)21-17(19)20-13-18(2,3)15-9-5-4-6-10-15/h4-12H,13H2,1-3H3,(H3,19,20,21). The summed E-state index contributed by atoms with van der Waals surface area (Å²) in [6.07, 6.45) is 0. The maximum atomic E-state index is 5.98. The first-order chi connectivity index (χ1) is 9.97. The fourth-order valence-corrected chi connectivity index (χ4v) is 2.17. The second-order valence-corrected chi connectivity index (χ2v) is 5.95. The van der Waals surface area contributed by atoms with Gasteiger partial charge in [-0.3, -0.25) is 4.99 Å². The Morgan fingerprint density at radius 3 is 2.48 bits per heavy atom. The van der Waals surface area contributed by atoms with Crippen LogP contribution < -0.4 is 11.1 Å². The van der Waals surface area contributed by atoms with Crippen molar-refractivity contribution in [3.63, 3.8) is 0 Å². The van der Waals surface area contributed by atoms with E-state index in [0.717, 1.165) is 5.69 Å². The quantitative estimate of drug-likeness (QED) is 0.663. The van der Waals surface area contributed by atoms with Crippen LogP contribution in [-0.4, -0.2) is 12.5 Å². The summed E-state index contributed by atoms with van der Waals surface area (Å²) in [7, 11) is 0. The van der Waals surface area contributed by atoms with E-state index in [1.165, 1.54) is 11.1 Å². The monoisotopic (exact) mass is 281 g/mol. The maximum absolute atomic E-state index is 5.98. The van der Waals surface area contributed by atoms with Gasteiger partial charge < -0.3 is 11.1 Å². The number of hydrogen-bond donors (Lipinski definition) is 2. The van der Waals surface area contributed by atoms with Crippen LogP contribution in [0.1, 0.15) is 25.0 Å². The van der Waals surface area contributed by atoms with Crippen LogP contribution >= 0.6 is 0 Å². The molecule has 3 N–H and O–H groups in total. The van der Waals surface area contributed by atoms with Crippen LogP contribution in [0.5, 0.6) is 0 Å². The number of rotatable bonds is 4. The maximum Gasteiger partial charge on any atom is 0.193 e. The molecule has 0 aliphatic heterocycles. The molecule has 0 aromatic heterocycles. The Bertz CT molecular complexity index is 615. The number of aryl methyl sites for hydroxylation is 1. The summed E-state index contributed by atoms with van der Waals surface area (Å²) in [6.45, 7) is 7.04. The highest BCUT2D eigenvalue weighted by atomic mass is 15.1. The highest BCUT2D eigenvalue weighted by Crippen LogP contribution is 2.23. The van der Waals surface area contributed by atoms with Gasteiger partial charge in [0, 0.05) is 11.1 Å². The van der Waals surface area contributed by atoms with Crippen molar-refractivity contribution in [3.05, 3.63) is 65.7 Å². The van der Waals surface area contributed by atoms with E-state index in [9.17, 15) is 0 Å². The highest BCUT2D eigenvalue weighted by molar-refractivity contribution is 5.92. The third-order valence-corrected chi connectivity index (χ3v) is 3.49. The molecule has 2 aromatic carbocycles. The van der Waals surface area contributed by atoms with Gasteiger partial charge >= 0.3 is 0 Å². The number of hydrogen-bond acceptors (Lipinski definition) is 1. The second kappa shape index (κ2) is 6.44. The summed E-state index contributed by atoms with van der Waals surface area (Å²) in [5.74, 6) is 0.449. The van der Waals surface area contributed by atoms with Crippen molar-refractivity contribution in [2.24, 2.45) is 10.7 Å². The number of benzene rings is 2. The molecule has 0 aliphatic carbocycles. The van der Waals surface area contributed by atoms with Crippen molar-refractivity contribution >= 4 is 11.6 Å². The average Bonchev–Trinajstić information content (AvgIpc) is 2.46. The van der Waals surface area contributed by atoms with Crippen LogP contribution in [0, 0.1) is 6.92 Å². The van der Waals surface area contributed by atoms with E-state index < -0.39 is 0 Å². The Balaban J connectivity index is 2.03. The summed E-state index contributed by atoms with van der Waals surface area (Å²) in [6, 6.07) is 18.5. The molecule has 21 heavy (non-hydrogen) atoms. The van der Waals surface area contributed by atoms with E-state index in [1.807, 2.05) is 24.3 Å². The van der Waals surface area contributed by atoms with Gasteiger partial charge in [0.2, 0.25) is 0 Å². The summed E-state index contributed by atoms with van der Waals surface area (Å²) in [5.41, 5.74) is 9.36. The molecule has 0 fully saturated rings. The number of nitrogens with one attached hydrogen (secondary N) is 1. The van der Waals surface area contributed by atoms with Crippen LogP contribution in [-0.2, 0) is 5.41 Å². The van der Waals surface area contributed by atoms with Crippen molar-refractivity contribution in [2.75, 3.05) is 11.9 Å². The summed E-state index contributed by atoms with van der Waals surface area (Å²) in [4.78, 5) is 4.48. The van der Waals surface area contributed by atoms with Gasteiger partial charge in [0.1, 0.15) is 0 Å². The fraction of sp³-hybridized carbons (Fsp3) is 0.278. The molecule has 110 valence electrons. The van der Waals surface area contributed by atoms with Crippen LogP contribution in [0.2, 0.25) is 0 Å². The first kappa shape index (κ1) is 15.1. The highest BCUT2D eigenvalue weighted by Gasteiger charge is 2.19. The van der Waals surface area contributed by atoms with E-state index in [0.29, 0.717) is 12.5 Å². The minimum absolute atomic E-state index is 0.0415. The molecule has 3 nitrogen and oxygen atoms in total. The van der Waals surface area contributed by atoms with Gasteiger partial charge in [-0.15, -0.1) is 0 Å². The molecule has 0 spiro atoms. The van der Waals surface area contributed by atoms with Crippen molar-refractivity contribution in [3.8, 4) is 0 Å². The van der Waals surface area contributed by atoms with Crippen LogP contribution in [0.3, 0.4) is 0 Å². The Morgan fingerprint density at radius 1 is 1.10 bits per heavy atom. The third kappa shape index (κ3) is 4.35. The van der Waals surface area contributed by atoms with Gasteiger partial charge in [0.25, 0.3) is 0 Å². The van der Waals surface area contributed by atoms with E-state index in [1.54, 1.807) is 0 Å². The zero-order chi connectivity index (χ0) is 15.3. The topological polar surface area (TPSA) is 50.4 Å². The lowest BCUT2D eigenvalue weighted by Gasteiger charge is -2.23. The van der Waals surface area contributed by atoms with Crippen LogP contribution in [0.4, 0.5) is 5.69 Å². The van der Waals surface area contributed by atoms with Crippen molar-refractivity contribution in [2.45, 2.75) is 26.2 Å². The summed E-state index contributed by atoms with van der Waals surface area (Å²) < 4.78 is 0. The van der Waals surface area contributed by atoms with Gasteiger partial charge in [-0.2, -0.15) is 0 Å². The molecule has 2 rings (SSSR count). The predicted molar refractivity (Wildman–Crippen MR) is 90.8 cm³/mol. The molecule has 0 amide bonds. The van der Waals surface area contributed by atoms with E-state index in [2.05, 4.69) is 61.4 Å². The SMILES string of the molecule is Cc1cccc(NC(N)=NCC(C)(C)c2ccccc2)c1. The molecule has 0 aliphatic rings. The first-order valence-corrected chi connectivity index (χ1v) is 7.16. The number of aliphatic imine (C=N–C) groups is 1. The zero-order valence-corrected chi connectivity index (χ0v) is 12.9. The minimum Gasteiger partial charge on any atom is -0.370 e. The molecule has 0 saturated heterocycles. The van der Waals surface area contributed by atoms with Gasteiger partial charge in [0.05, 0.1) is 6.54 Å². The van der Waals surface area contributed by atoms with Crippen molar-refractivity contribution in [1.82, 2.24) is 0 Å². The lowest BCUT2D eigenvalue weighted by atomic mass is 9.85. The molecule has 0 radical (unpaired) electrons. The number of nitrogens with two attached hydrogens (primary N) is 1. The fourth-order valence-electron chi connectivity index (χ4n) is 2.17. The van der Waals surface area contributed by atoms with E-state index in [4.69, 9.17) is 5.73 Å². The largest absolute Gasteiger partial charge is 0.370 e. The predicted octanol–water partition coefficient (Wildman–Crippen LogP) is 3.70. The van der Waals surface area contributed by atoms with Crippen LogP contribution in [0.25, 0.3) is 0 Å². The van der Waals surface area contributed by atoms with Gasteiger partial charge in [-0.1, -0.05) is 56.3 Å².